The van der Waals surface area contributed by atoms with Gasteiger partial charge in [0, 0.05) is 11.5 Å². The molecule has 2 aliphatic rings. The van der Waals surface area contributed by atoms with Crippen LogP contribution in [-0.4, -0.2) is 54.4 Å². The fourth-order valence-electron chi connectivity index (χ4n) is 2.61. The SMILES string of the molecule is CO[C@H]1O[C@H](CI)[C@@H](OC(=O)c2ccccc2)[C@@H]2OC(=O)O[C@H]12. The molecule has 0 saturated carbocycles. The van der Waals surface area contributed by atoms with Crippen molar-refractivity contribution < 1.29 is 33.3 Å². The van der Waals surface area contributed by atoms with Gasteiger partial charge >= 0.3 is 12.1 Å². The smallest absolute Gasteiger partial charge is 0.452 e. The number of hydrogen-bond donors (Lipinski definition) is 0. The average molecular weight is 434 g/mol. The van der Waals surface area contributed by atoms with Gasteiger partial charge in [0.1, 0.15) is 6.10 Å². The summed E-state index contributed by atoms with van der Waals surface area (Å²) in [6.07, 6.45) is -4.32. The van der Waals surface area contributed by atoms with Crippen molar-refractivity contribution in [2.75, 3.05) is 11.5 Å². The Balaban J connectivity index is 1.81. The van der Waals surface area contributed by atoms with Gasteiger partial charge in [0.25, 0.3) is 0 Å². The maximum absolute atomic E-state index is 12.3. The number of fused-ring (bicyclic) bond motifs is 1. The molecule has 0 radical (unpaired) electrons. The molecule has 0 N–H and O–H groups in total. The van der Waals surface area contributed by atoms with Crippen LogP contribution in [0.2, 0.25) is 0 Å². The Morgan fingerprint density at radius 1 is 1.22 bits per heavy atom. The molecule has 2 heterocycles. The van der Waals surface area contributed by atoms with Crippen LogP contribution in [0.25, 0.3) is 0 Å². The van der Waals surface area contributed by atoms with E-state index in [-0.39, 0.29) is 0 Å². The third kappa shape index (κ3) is 3.29. The first kappa shape index (κ1) is 16.5. The summed E-state index contributed by atoms with van der Waals surface area (Å²) in [6, 6.07) is 8.59. The molecule has 0 amide bonds. The molecule has 0 bridgehead atoms. The molecule has 3 rings (SSSR count). The van der Waals surface area contributed by atoms with Gasteiger partial charge in [-0.3, -0.25) is 0 Å². The third-order valence-corrected chi connectivity index (χ3v) is 4.56. The Hall–Kier alpha value is -1.39. The number of rotatable bonds is 4. The van der Waals surface area contributed by atoms with Gasteiger partial charge in [-0.05, 0) is 12.1 Å². The molecular weight excluding hydrogens is 419 g/mol. The van der Waals surface area contributed by atoms with Gasteiger partial charge in [0.15, 0.2) is 24.6 Å². The van der Waals surface area contributed by atoms with Crippen LogP contribution in [0.1, 0.15) is 10.4 Å². The number of ether oxygens (including phenoxy) is 5. The van der Waals surface area contributed by atoms with E-state index >= 15 is 0 Å². The predicted molar refractivity (Wildman–Crippen MR) is 85.3 cm³/mol. The zero-order valence-electron chi connectivity index (χ0n) is 12.2. The van der Waals surface area contributed by atoms with E-state index in [0.29, 0.717) is 9.99 Å². The Morgan fingerprint density at radius 2 is 1.91 bits per heavy atom. The summed E-state index contributed by atoms with van der Waals surface area (Å²) in [4.78, 5) is 23.8. The van der Waals surface area contributed by atoms with Crippen LogP contribution in [0, 0.1) is 0 Å². The van der Waals surface area contributed by atoms with E-state index in [4.69, 9.17) is 23.7 Å². The normalized spacial score (nSPS) is 32.6. The first-order valence-electron chi connectivity index (χ1n) is 7.01. The lowest BCUT2D eigenvalue weighted by atomic mass is 9.99. The number of esters is 1. The summed E-state index contributed by atoms with van der Waals surface area (Å²) >= 11 is 2.12. The van der Waals surface area contributed by atoms with E-state index in [2.05, 4.69) is 22.6 Å². The lowest BCUT2D eigenvalue weighted by molar-refractivity contribution is -0.258. The van der Waals surface area contributed by atoms with Crippen LogP contribution in [0.3, 0.4) is 0 Å². The molecule has 0 unspecified atom stereocenters. The van der Waals surface area contributed by atoms with Crippen LogP contribution in [-0.2, 0) is 23.7 Å². The maximum atomic E-state index is 12.3. The summed E-state index contributed by atoms with van der Waals surface area (Å²) in [5.41, 5.74) is 0.412. The highest BCUT2D eigenvalue weighted by molar-refractivity contribution is 14.1. The fourth-order valence-corrected chi connectivity index (χ4v) is 3.32. The number of carbonyl (C=O) groups is 2. The van der Waals surface area contributed by atoms with Crippen LogP contribution >= 0.6 is 22.6 Å². The number of hydrogen-bond acceptors (Lipinski definition) is 7. The number of alkyl halides is 1. The van der Waals surface area contributed by atoms with Gasteiger partial charge in [0.2, 0.25) is 0 Å². The second-order valence-electron chi connectivity index (χ2n) is 5.08. The van der Waals surface area contributed by atoms with E-state index in [9.17, 15) is 9.59 Å². The molecular formula is C15H15IO7. The predicted octanol–water partition coefficient (Wildman–Crippen LogP) is 1.92. The van der Waals surface area contributed by atoms with Gasteiger partial charge in [-0.2, -0.15) is 0 Å². The first-order chi connectivity index (χ1) is 11.1. The van der Waals surface area contributed by atoms with E-state index in [0.717, 1.165) is 0 Å². The van der Waals surface area contributed by atoms with Crippen LogP contribution < -0.4 is 0 Å². The number of halogens is 1. The maximum Gasteiger partial charge on any atom is 0.509 e. The minimum Gasteiger partial charge on any atom is -0.452 e. The topological polar surface area (TPSA) is 80.3 Å². The Bertz CT molecular complexity index is 578. The van der Waals surface area contributed by atoms with Crippen molar-refractivity contribution in [1.29, 1.82) is 0 Å². The van der Waals surface area contributed by atoms with Gasteiger partial charge < -0.3 is 23.7 Å². The molecule has 0 aliphatic carbocycles. The van der Waals surface area contributed by atoms with E-state index < -0.39 is 42.8 Å². The molecule has 2 saturated heterocycles. The van der Waals surface area contributed by atoms with Crippen molar-refractivity contribution in [3.05, 3.63) is 35.9 Å². The van der Waals surface area contributed by atoms with E-state index in [1.807, 2.05) is 0 Å². The van der Waals surface area contributed by atoms with Gasteiger partial charge in [-0.15, -0.1) is 0 Å². The van der Waals surface area contributed by atoms with Crippen molar-refractivity contribution in [2.45, 2.75) is 30.7 Å². The number of carbonyl (C=O) groups excluding carboxylic acids is 2. The molecule has 0 spiro atoms. The minimum atomic E-state index is -0.819. The summed E-state index contributed by atoms with van der Waals surface area (Å²) in [7, 11) is 1.45. The molecule has 0 aromatic heterocycles. The number of methoxy groups -OCH3 is 1. The van der Waals surface area contributed by atoms with Gasteiger partial charge in [-0.1, -0.05) is 40.8 Å². The second-order valence-corrected chi connectivity index (χ2v) is 5.96. The molecule has 7 nitrogen and oxygen atoms in total. The molecule has 23 heavy (non-hydrogen) atoms. The Kier molecular flexibility index (Phi) is 5.02. The molecule has 1 aromatic carbocycles. The summed E-state index contributed by atoms with van der Waals surface area (Å²) in [5, 5.41) is 0. The molecule has 124 valence electrons. The summed E-state index contributed by atoms with van der Waals surface area (Å²) in [5.74, 6) is -0.508. The zero-order chi connectivity index (χ0) is 16.4. The zero-order valence-corrected chi connectivity index (χ0v) is 14.4. The quantitative estimate of drug-likeness (QED) is 0.407. The standard InChI is InChI=1S/C15H15IO7/c1-19-14-12-11(22-15(18)23-12)10(9(7-16)20-14)21-13(17)8-5-3-2-4-6-8/h2-6,9-12,14H,7H2,1H3/t9-,10-,11+,12+,14+/m1/s1. The van der Waals surface area contributed by atoms with Crippen molar-refractivity contribution in [2.24, 2.45) is 0 Å². The van der Waals surface area contributed by atoms with Crippen LogP contribution in [0.15, 0.2) is 30.3 Å². The van der Waals surface area contributed by atoms with Gasteiger partial charge in [-0.25, -0.2) is 9.59 Å². The first-order valence-corrected chi connectivity index (χ1v) is 8.54. The summed E-state index contributed by atoms with van der Waals surface area (Å²) < 4.78 is 27.3. The Labute approximate surface area is 146 Å². The monoisotopic (exact) mass is 434 g/mol. The lowest BCUT2D eigenvalue weighted by Gasteiger charge is -2.39. The molecule has 1 aromatic rings. The third-order valence-electron chi connectivity index (χ3n) is 3.69. The largest absolute Gasteiger partial charge is 0.509 e. The lowest BCUT2D eigenvalue weighted by Crippen LogP contribution is -2.58. The van der Waals surface area contributed by atoms with Crippen LogP contribution in [0.5, 0.6) is 0 Å². The highest BCUT2D eigenvalue weighted by Gasteiger charge is 2.56. The van der Waals surface area contributed by atoms with E-state index in [1.54, 1.807) is 30.3 Å². The van der Waals surface area contributed by atoms with E-state index in [1.165, 1.54) is 7.11 Å². The second kappa shape index (κ2) is 7.02. The summed E-state index contributed by atoms with van der Waals surface area (Å²) in [6.45, 7) is 0. The molecule has 2 fully saturated rings. The average Bonchev–Trinajstić information content (AvgIpc) is 2.97. The van der Waals surface area contributed by atoms with Crippen LogP contribution in [0.4, 0.5) is 4.79 Å². The minimum absolute atomic E-state index is 0.412. The van der Waals surface area contributed by atoms with Crippen molar-refractivity contribution in [3.8, 4) is 0 Å². The van der Waals surface area contributed by atoms with Crippen molar-refractivity contribution >= 4 is 34.7 Å². The fraction of sp³-hybridized carbons (Fsp3) is 0.467. The highest BCUT2D eigenvalue weighted by Crippen LogP contribution is 2.33. The highest BCUT2D eigenvalue weighted by atomic mass is 127. The van der Waals surface area contributed by atoms with Crippen molar-refractivity contribution in [3.63, 3.8) is 0 Å². The number of benzene rings is 1. The van der Waals surface area contributed by atoms with Gasteiger partial charge in [0.05, 0.1) is 5.56 Å². The molecule has 8 heteroatoms. The molecule has 2 aliphatic heterocycles. The van der Waals surface area contributed by atoms with Crippen molar-refractivity contribution in [1.82, 2.24) is 0 Å². The molecule has 5 atom stereocenters. The Morgan fingerprint density at radius 3 is 2.57 bits per heavy atom.